The summed E-state index contributed by atoms with van der Waals surface area (Å²) in [6.45, 7) is 10.7. The van der Waals surface area contributed by atoms with Gasteiger partial charge in [-0.1, -0.05) is 20.3 Å². The zero-order valence-electron chi connectivity index (χ0n) is 20.0. The fourth-order valence-electron chi connectivity index (χ4n) is 5.74. The summed E-state index contributed by atoms with van der Waals surface area (Å²) < 4.78 is 5.93. The van der Waals surface area contributed by atoms with Gasteiger partial charge in [0.05, 0.1) is 19.4 Å². The SMILES string of the molecule is CC1(C)C2CCC(CCOCCN3CCCCC3)C1C2.O=C(O)CC(O)(CC(=O)O)C(=O)O. The molecule has 1 saturated heterocycles. The molecule has 0 aromatic rings. The van der Waals surface area contributed by atoms with Gasteiger partial charge in [0.25, 0.3) is 0 Å². The molecule has 0 radical (unpaired) electrons. The molecule has 9 heteroatoms. The molecule has 0 amide bonds. The first kappa shape index (κ1) is 27.5. The van der Waals surface area contributed by atoms with Crippen molar-refractivity contribution in [3.63, 3.8) is 0 Å². The van der Waals surface area contributed by atoms with E-state index in [1.54, 1.807) is 0 Å². The summed E-state index contributed by atoms with van der Waals surface area (Å²) in [5.41, 5.74) is -2.10. The molecule has 33 heavy (non-hydrogen) atoms. The Balaban J connectivity index is 0.000000260. The van der Waals surface area contributed by atoms with E-state index in [4.69, 9.17) is 25.2 Å². The van der Waals surface area contributed by atoms with E-state index in [1.807, 2.05) is 0 Å². The van der Waals surface area contributed by atoms with Gasteiger partial charge in [-0.2, -0.15) is 0 Å². The van der Waals surface area contributed by atoms with Crippen molar-refractivity contribution in [1.29, 1.82) is 0 Å². The molecule has 3 aliphatic carbocycles. The number of fused-ring (bicyclic) bond motifs is 2. The molecule has 3 unspecified atom stereocenters. The molecule has 4 aliphatic rings. The molecule has 190 valence electrons. The lowest BCUT2D eigenvalue weighted by atomic mass is 9.45. The normalized spacial score (nSPS) is 26.5. The van der Waals surface area contributed by atoms with Crippen molar-refractivity contribution >= 4 is 17.9 Å². The second-order valence-corrected chi connectivity index (χ2v) is 10.5. The van der Waals surface area contributed by atoms with Crippen LogP contribution in [0.5, 0.6) is 0 Å². The fraction of sp³-hybridized carbons (Fsp3) is 0.875. The first-order valence-electron chi connectivity index (χ1n) is 12.1. The molecule has 9 nitrogen and oxygen atoms in total. The number of likely N-dealkylation sites (tertiary alicyclic amines) is 1. The van der Waals surface area contributed by atoms with Crippen molar-refractivity contribution in [2.45, 2.75) is 77.2 Å². The van der Waals surface area contributed by atoms with Gasteiger partial charge in [0.1, 0.15) is 0 Å². The van der Waals surface area contributed by atoms with Crippen molar-refractivity contribution < 1.29 is 39.5 Å². The highest BCUT2D eigenvalue weighted by atomic mass is 16.5. The molecule has 3 atom stereocenters. The van der Waals surface area contributed by atoms with Crippen LogP contribution >= 0.6 is 0 Å². The van der Waals surface area contributed by atoms with E-state index in [2.05, 4.69) is 18.7 Å². The number of carboxylic acids is 3. The summed E-state index contributed by atoms with van der Waals surface area (Å²) >= 11 is 0. The van der Waals surface area contributed by atoms with E-state index >= 15 is 0 Å². The van der Waals surface area contributed by atoms with Crippen LogP contribution < -0.4 is 0 Å². The number of hydrogen-bond acceptors (Lipinski definition) is 6. The van der Waals surface area contributed by atoms with Gasteiger partial charge in [-0.3, -0.25) is 9.59 Å². The van der Waals surface area contributed by atoms with Gasteiger partial charge >= 0.3 is 17.9 Å². The molecule has 4 rings (SSSR count). The van der Waals surface area contributed by atoms with Crippen LogP contribution in [0.1, 0.15) is 71.6 Å². The number of rotatable bonds is 11. The van der Waals surface area contributed by atoms with Crippen LogP contribution in [0, 0.1) is 23.2 Å². The largest absolute Gasteiger partial charge is 0.481 e. The summed E-state index contributed by atoms with van der Waals surface area (Å²) in [5, 5.41) is 33.8. The number of carbonyl (C=O) groups is 3. The first-order chi connectivity index (χ1) is 15.5. The topological polar surface area (TPSA) is 145 Å². The lowest BCUT2D eigenvalue weighted by molar-refractivity contribution is -0.170. The van der Waals surface area contributed by atoms with Crippen molar-refractivity contribution in [1.82, 2.24) is 4.90 Å². The second kappa shape index (κ2) is 12.1. The Labute approximate surface area is 196 Å². The Morgan fingerprint density at radius 2 is 1.58 bits per heavy atom. The third kappa shape index (κ3) is 7.93. The Hall–Kier alpha value is -1.71. The zero-order valence-corrected chi connectivity index (χ0v) is 20.0. The molecule has 3 saturated carbocycles. The minimum absolute atomic E-state index is 0.636. The van der Waals surface area contributed by atoms with Crippen LogP contribution in [0.4, 0.5) is 0 Å². The summed E-state index contributed by atoms with van der Waals surface area (Å²) in [7, 11) is 0. The average molecular weight is 472 g/mol. The van der Waals surface area contributed by atoms with Gasteiger partial charge in [-0.05, 0) is 74.8 Å². The van der Waals surface area contributed by atoms with Gasteiger partial charge in [0, 0.05) is 13.2 Å². The molecule has 4 fully saturated rings. The van der Waals surface area contributed by atoms with Crippen molar-refractivity contribution in [2.24, 2.45) is 23.2 Å². The van der Waals surface area contributed by atoms with Crippen LogP contribution in [0.15, 0.2) is 0 Å². The Bertz CT molecular complexity index is 655. The zero-order chi connectivity index (χ0) is 24.6. The maximum absolute atomic E-state index is 10.3. The molecule has 1 aliphatic heterocycles. The third-order valence-electron chi connectivity index (χ3n) is 7.92. The van der Waals surface area contributed by atoms with Gasteiger partial charge < -0.3 is 30.1 Å². The highest BCUT2D eigenvalue weighted by Gasteiger charge is 2.53. The summed E-state index contributed by atoms with van der Waals surface area (Å²) in [4.78, 5) is 33.1. The van der Waals surface area contributed by atoms with Crippen molar-refractivity contribution in [2.75, 3.05) is 32.8 Å². The number of aliphatic hydroxyl groups is 1. The standard InChI is InChI=1S/C18H33NO.C6H8O7/c1-18(2)16-7-6-15(17(18)14-16)8-12-20-13-11-19-9-4-3-5-10-19;7-3(8)1-6(13,5(11)12)2-4(9)10/h15-17H,3-14H2,1-2H3;13H,1-2H2,(H,7,8)(H,9,10)(H,11,12). The second-order valence-electron chi connectivity index (χ2n) is 10.5. The molecular weight excluding hydrogens is 430 g/mol. The van der Waals surface area contributed by atoms with Gasteiger partial charge in [-0.25, -0.2) is 4.79 Å². The minimum Gasteiger partial charge on any atom is -0.481 e. The average Bonchev–Trinajstić information content (AvgIpc) is 2.73. The maximum atomic E-state index is 10.3. The van der Waals surface area contributed by atoms with Crippen LogP contribution in [-0.4, -0.2) is 81.7 Å². The number of hydrogen-bond donors (Lipinski definition) is 4. The number of nitrogens with zero attached hydrogens (tertiary/aromatic N) is 1. The van der Waals surface area contributed by atoms with E-state index in [0.717, 1.165) is 37.5 Å². The Morgan fingerprint density at radius 1 is 0.970 bits per heavy atom. The molecule has 0 spiro atoms. The summed E-state index contributed by atoms with van der Waals surface area (Å²) in [6, 6.07) is 0. The number of piperidine rings is 1. The minimum atomic E-state index is -2.74. The van der Waals surface area contributed by atoms with Gasteiger partial charge in [0.2, 0.25) is 0 Å². The first-order valence-corrected chi connectivity index (χ1v) is 12.1. The smallest absolute Gasteiger partial charge is 0.336 e. The highest BCUT2D eigenvalue weighted by Crippen LogP contribution is 2.61. The van der Waals surface area contributed by atoms with E-state index in [1.165, 1.54) is 58.0 Å². The number of carboxylic acid groups (broad SMARTS) is 3. The fourth-order valence-corrected chi connectivity index (χ4v) is 5.74. The maximum Gasteiger partial charge on any atom is 0.336 e. The lowest BCUT2D eigenvalue weighted by Crippen LogP contribution is -2.52. The highest BCUT2D eigenvalue weighted by molar-refractivity contribution is 5.88. The molecule has 0 aromatic heterocycles. The van der Waals surface area contributed by atoms with E-state index in [9.17, 15) is 14.4 Å². The lowest BCUT2D eigenvalue weighted by Gasteiger charge is -2.60. The molecular formula is C24H41NO8. The third-order valence-corrected chi connectivity index (χ3v) is 7.92. The van der Waals surface area contributed by atoms with Crippen LogP contribution in [0.3, 0.4) is 0 Å². The molecule has 0 aromatic carbocycles. The molecule has 2 bridgehead atoms. The van der Waals surface area contributed by atoms with Gasteiger partial charge in [0.15, 0.2) is 5.60 Å². The van der Waals surface area contributed by atoms with E-state index < -0.39 is 36.4 Å². The summed E-state index contributed by atoms with van der Waals surface area (Å²) in [5.74, 6) is -2.05. The quantitative estimate of drug-likeness (QED) is 0.334. The van der Waals surface area contributed by atoms with Crippen LogP contribution in [-0.2, 0) is 19.1 Å². The number of ether oxygens (including phenoxy) is 1. The molecule has 4 N–H and O–H groups in total. The Kier molecular flexibility index (Phi) is 10.1. The Morgan fingerprint density at radius 3 is 2.06 bits per heavy atom. The van der Waals surface area contributed by atoms with Crippen LogP contribution in [0.25, 0.3) is 0 Å². The number of aliphatic carboxylic acids is 3. The van der Waals surface area contributed by atoms with Gasteiger partial charge in [-0.15, -0.1) is 0 Å². The predicted octanol–water partition coefficient (Wildman–Crippen LogP) is 2.70. The molecule has 1 heterocycles. The van der Waals surface area contributed by atoms with Crippen LogP contribution in [0.2, 0.25) is 0 Å². The van der Waals surface area contributed by atoms with E-state index in [0.29, 0.717) is 5.41 Å². The predicted molar refractivity (Wildman–Crippen MR) is 121 cm³/mol. The monoisotopic (exact) mass is 471 g/mol. The van der Waals surface area contributed by atoms with Crippen molar-refractivity contribution in [3.8, 4) is 0 Å². The van der Waals surface area contributed by atoms with Crippen molar-refractivity contribution in [3.05, 3.63) is 0 Å². The summed E-state index contributed by atoms with van der Waals surface area (Å²) in [6.07, 6.45) is 7.67. The van der Waals surface area contributed by atoms with E-state index in [-0.39, 0.29) is 0 Å².